The highest BCUT2D eigenvalue weighted by Crippen LogP contribution is 2.25. The van der Waals surface area contributed by atoms with Crippen molar-refractivity contribution in [1.29, 1.82) is 0 Å². The number of hydrogen-bond donors (Lipinski definition) is 1. The predicted molar refractivity (Wildman–Crippen MR) is 86.4 cm³/mol. The lowest BCUT2D eigenvalue weighted by Gasteiger charge is -2.33. The van der Waals surface area contributed by atoms with Gasteiger partial charge in [0.05, 0.1) is 5.56 Å². The molecule has 128 valence electrons. The summed E-state index contributed by atoms with van der Waals surface area (Å²) >= 11 is 0. The molecule has 0 spiro atoms. The first kappa shape index (κ1) is 16.3. The molecule has 7 nitrogen and oxygen atoms in total. The smallest absolute Gasteiger partial charge is 0.326 e. The first-order valence-electron chi connectivity index (χ1n) is 8.06. The van der Waals surface area contributed by atoms with Crippen LogP contribution in [0.5, 0.6) is 0 Å². The molecular weight excluding hydrogens is 310 g/mol. The topological polar surface area (TPSA) is 88.6 Å². The van der Waals surface area contributed by atoms with Crippen molar-refractivity contribution in [3.05, 3.63) is 34.8 Å². The van der Waals surface area contributed by atoms with Crippen LogP contribution in [-0.4, -0.2) is 44.2 Å². The van der Waals surface area contributed by atoms with E-state index in [0.29, 0.717) is 30.1 Å². The summed E-state index contributed by atoms with van der Waals surface area (Å²) in [5.74, 6) is 0.132. The van der Waals surface area contributed by atoms with Gasteiger partial charge >= 0.3 is 5.97 Å². The predicted octanol–water partition coefficient (Wildman–Crippen LogP) is 2.47. The number of carbonyl (C=O) groups excluding carboxylic acids is 1. The zero-order valence-corrected chi connectivity index (χ0v) is 14.1. The minimum Gasteiger partial charge on any atom is -0.480 e. The lowest BCUT2D eigenvalue weighted by atomic mass is 10.0. The molecule has 3 heterocycles. The molecule has 2 aromatic rings. The molecule has 24 heavy (non-hydrogen) atoms. The quantitative estimate of drug-likeness (QED) is 0.933. The fourth-order valence-corrected chi connectivity index (χ4v) is 3.38. The van der Waals surface area contributed by atoms with Crippen LogP contribution in [0.2, 0.25) is 0 Å². The van der Waals surface area contributed by atoms with Gasteiger partial charge in [0.1, 0.15) is 11.8 Å². The van der Waals surface area contributed by atoms with Crippen LogP contribution < -0.4 is 0 Å². The maximum absolute atomic E-state index is 12.9. The zero-order valence-electron chi connectivity index (χ0n) is 14.1. The van der Waals surface area contributed by atoms with Gasteiger partial charge in [-0.15, -0.1) is 0 Å². The van der Waals surface area contributed by atoms with Crippen LogP contribution in [0, 0.1) is 20.8 Å². The molecule has 0 unspecified atom stereocenters. The van der Waals surface area contributed by atoms with E-state index in [-0.39, 0.29) is 5.91 Å². The normalized spacial score (nSPS) is 18.0. The van der Waals surface area contributed by atoms with E-state index in [1.54, 1.807) is 12.1 Å². The van der Waals surface area contributed by atoms with E-state index in [0.717, 1.165) is 24.2 Å². The average molecular weight is 331 g/mol. The number of hydrogen-bond acceptors (Lipinski definition) is 4. The van der Waals surface area contributed by atoms with E-state index < -0.39 is 12.0 Å². The molecule has 0 bridgehead atoms. The van der Waals surface area contributed by atoms with E-state index in [1.165, 1.54) is 4.90 Å². The van der Waals surface area contributed by atoms with Crippen molar-refractivity contribution >= 4 is 11.9 Å². The Morgan fingerprint density at radius 2 is 2.00 bits per heavy atom. The summed E-state index contributed by atoms with van der Waals surface area (Å²) in [6.07, 6.45) is 2.16. The maximum Gasteiger partial charge on any atom is 0.326 e. The molecule has 1 aliphatic heterocycles. The molecule has 1 aliphatic rings. The second kappa shape index (κ2) is 6.14. The van der Waals surface area contributed by atoms with Crippen LogP contribution in [0.15, 0.2) is 16.7 Å². The zero-order chi connectivity index (χ0) is 17.4. The number of piperidine rings is 1. The van der Waals surface area contributed by atoms with Crippen molar-refractivity contribution in [2.24, 2.45) is 0 Å². The third-order valence-electron chi connectivity index (χ3n) is 4.55. The second-order valence-electron chi connectivity index (χ2n) is 6.26. The Morgan fingerprint density at radius 1 is 1.25 bits per heavy atom. The Kier molecular flexibility index (Phi) is 4.17. The number of aromatic nitrogens is 2. The molecule has 0 aromatic carbocycles. The Bertz CT molecular complexity index is 790. The summed E-state index contributed by atoms with van der Waals surface area (Å²) < 4.78 is 6.97. The van der Waals surface area contributed by atoms with Crippen molar-refractivity contribution in [2.45, 2.75) is 46.1 Å². The van der Waals surface area contributed by atoms with E-state index in [9.17, 15) is 14.7 Å². The summed E-state index contributed by atoms with van der Waals surface area (Å²) in [4.78, 5) is 25.9. The molecule has 7 heteroatoms. The van der Waals surface area contributed by atoms with E-state index >= 15 is 0 Å². The number of amides is 1. The number of carboxylic acid groups (broad SMARTS) is 1. The third kappa shape index (κ3) is 2.70. The van der Waals surface area contributed by atoms with E-state index in [1.807, 2.05) is 25.3 Å². The Morgan fingerprint density at radius 3 is 2.62 bits per heavy atom. The van der Waals surface area contributed by atoms with Gasteiger partial charge in [0, 0.05) is 24.0 Å². The standard InChI is InChI=1S/C17H21N3O4/c1-10-8-13(12(3)20(10)15-9-11(2)24-18-15)16(21)19-7-5-4-6-14(19)17(22)23/h8-9,14H,4-7H2,1-3H3,(H,22,23)/t14-/m1/s1. The van der Waals surface area contributed by atoms with Crippen molar-refractivity contribution in [1.82, 2.24) is 14.6 Å². The highest BCUT2D eigenvalue weighted by molar-refractivity contribution is 5.98. The molecular formula is C17H21N3O4. The van der Waals surface area contributed by atoms with Gasteiger partial charge in [-0.05, 0) is 46.1 Å². The van der Waals surface area contributed by atoms with E-state index in [4.69, 9.17) is 4.52 Å². The Labute approximate surface area is 139 Å². The van der Waals surface area contributed by atoms with Crippen LogP contribution in [0.4, 0.5) is 0 Å². The molecule has 1 N–H and O–H groups in total. The molecule has 1 saturated heterocycles. The lowest BCUT2D eigenvalue weighted by molar-refractivity contribution is -0.143. The Hall–Kier alpha value is -2.57. The maximum atomic E-state index is 12.9. The number of likely N-dealkylation sites (tertiary alicyclic amines) is 1. The van der Waals surface area contributed by atoms with Crippen molar-refractivity contribution in [3.8, 4) is 5.82 Å². The van der Waals surface area contributed by atoms with Gasteiger partial charge in [-0.2, -0.15) is 0 Å². The van der Waals surface area contributed by atoms with Gasteiger partial charge in [0.15, 0.2) is 5.82 Å². The van der Waals surface area contributed by atoms with E-state index in [2.05, 4.69) is 5.16 Å². The molecule has 1 fully saturated rings. The summed E-state index contributed by atoms with van der Waals surface area (Å²) in [5, 5.41) is 13.4. The summed E-state index contributed by atoms with van der Waals surface area (Å²) in [7, 11) is 0. The summed E-state index contributed by atoms with van der Waals surface area (Å²) in [6.45, 7) is 6.01. The van der Waals surface area contributed by atoms with Gasteiger partial charge < -0.3 is 14.5 Å². The third-order valence-corrected chi connectivity index (χ3v) is 4.55. The number of carbonyl (C=O) groups is 2. The molecule has 3 rings (SSSR count). The number of aliphatic carboxylic acids is 1. The van der Waals surface area contributed by atoms with Crippen molar-refractivity contribution in [3.63, 3.8) is 0 Å². The minimum atomic E-state index is -0.941. The average Bonchev–Trinajstić information content (AvgIpc) is 3.09. The summed E-state index contributed by atoms with van der Waals surface area (Å²) in [5.41, 5.74) is 2.11. The number of aryl methyl sites for hydroxylation is 2. The van der Waals surface area contributed by atoms with Gasteiger partial charge in [-0.25, -0.2) is 4.79 Å². The van der Waals surface area contributed by atoms with Gasteiger partial charge in [-0.1, -0.05) is 5.16 Å². The molecule has 2 aromatic heterocycles. The van der Waals surface area contributed by atoms with Gasteiger partial charge in [0.25, 0.3) is 5.91 Å². The molecule has 0 aliphatic carbocycles. The van der Waals surface area contributed by atoms with Crippen LogP contribution in [0.25, 0.3) is 5.82 Å². The number of nitrogens with zero attached hydrogens (tertiary/aromatic N) is 3. The largest absolute Gasteiger partial charge is 0.480 e. The van der Waals surface area contributed by atoms with Crippen LogP contribution in [0.1, 0.15) is 46.8 Å². The molecule has 1 atom stereocenters. The molecule has 0 radical (unpaired) electrons. The monoisotopic (exact) mass is 331 g/mol. The SMILES string of the molecule is Cc1cc(-n2c(C)cc(C(=O)N3CCCC[C@@H]3C(=O)O)c2C)no1. The fraction of sp³-hybridized carbons (Fsp3) is 0.471. The Balaban J connectivity index is 1.97. The van der Waals surface area contributed by atoms with Crippen LogP contribution >= 0.6 is 0 Å². The number of rotatable bonds is 3. The van der Waals surface area contributed by atoms with Gasteiger partial charge in [0.2, 0.25) is 0 Å². The van der Waals surface area contributed by atoms with Crippen LogP contribution in [0.3, 0.4) is 0 Å². The first-order chi connectivity index (χ1) is 11.4. The second-order valence-corrected chi connectivity index (χ2v) is 6.26. The number of carboxylic acids is 1. The fourth-order valence-electron chi connectivity index (χ4n) is 3.38. The molecule has 0 saturated carbocycles. The van der Waals surface area contributed by atoms with Crippen LogP contribution in [-0.2, 0) is 4.79 Å². The summed E-state index contributed by atoms with van der Waals surface area (Å²) in [6, 6.07) is 2.84. The first-order valence-corrected chi connectivity index (χ1v) is 8.06. The lowest BCUT2D eigenvalue weighted by Crippen LogP contribution is -2.48. The van der Waals surface area contributed by atoms with Crippen molar-refractivity contribution < 1.29 is 19.2 Å². The molecule has 1 amide bonds. The highest BCUT2D eigenvalue weighted by Gasteiger charge is 2.34. The minimum absolute atomic E-state index is 0.235. The van der Waals surface area contributed by atoms with Gasteiger partial charge in [-0.3, -0.25) is 9.36 Å². The highest BCUT2D eigenvalue weighted by atomic mass is 16.5. The van der Waals surface area contributed by atoms with Crippen molar-refractivity contribution in [2.75, 3.05) is 6.54 Å².